The van der Waals surface area contributed by atoms with Crippen LogP contribution >= 0.6 is 0 Å². The average Bonchev–Trinajstić information content (AvgIpc) is 2.90. The average molecular weight is 232 g/mol. The second-order valence-corrected chi connectivity index (χ2v) is 4.81. The summed E-state index contributed by atoms with van der Waals surface area (Å²) in [6, 6.07) is 10.0. The summed E-state index contributed by atoms with van der Waals surface area (Å²) in [6.07, 6.45) is 4.51. The van der Waals surface area contributed by atoms with Gasteiger partial charge in [-0.15, -0.1) is 0 Å². The fourth-order valence-corrected chi connectivity index (χ4v) is 2.39. The van der Waals surface area contributed by atoms with Crippen LogP contribution in [0.25, 0.3) is 0 Å². The molecule has 92 valence electrons. The zero-order chi connectivity index (χ0) is 12.1. The predicted molar refractivity (Wildman–Crippen MR) is 67.8 cm³/mol. The molecule has 1 aromatic rings. The van der Waals surface area contributed by atoms with Crippen LogP contribution in [0.3, 0.4) is 0 Å². The molecule has 0 N–H and O–H groups in total. The fourth-order valence-electron chi connectivity index (χ4n) is 2.39. The second kappa shape index (κ2) is 5.97. The first-order valence-electron chi connectivity index (χ1n) is 6.46. The SMILES string of the molecule is CC(OCC(=O)C1CCCC1)c1ccccc1. The Balaban J connectivity index is 1.80. The molecule has 1 unspecified atom stereocenters. The first kappa shape index (κ1) is 12.3. The Hall–Kier alpha value is -1.15. The smallest absolute Gasteiger partial charge is 0.161 e. The lowest BCUT2D eigenvalue weighted by atomic mass is 10.0. The number of carbonyl (C=O) groups excluding carboxylic acids is 1. The summed E-state index contributed by atoms with van der Waals surface area (Å²) in [5, 5.41) is 0. The molecule has 1 fully saturated rings. The van der Waals surface area contributed by atoms with Crippen LogP contribution in [0.1, 0.15) is 44.3 Å². The van der Waals surface area contributed by atoms with E-state index in [9.17, 15) is 4.79 Å². The Labute approximate surface area is 103 Å². The van der Waals surface area contributed by atoms with Crippen molar-refractivity contribution in [2.24, 2.45) is 5.92 Å². The van der Waals surface area contributed by atoms with Crippen LogP contribution in [0.2, 0.25) is 0 Å². The van der Waals surface area contributed by atoms with Crippen molar-refractivity contribution >= 4 is 5.78 Å². The van der Waals surface area contributed by atoms with Crippen molar-refractivity contribution in [2.45, 2.75) is 38.7 Å². The molecule has 0 amide bonds. The minimum Gasteiger partial charge on any atom is -0.366 e. The fraction of sp³-hybridized carbons (Fsp3) is 0.533. The van der Waals surface area contributed by atoms with Gasteiger partial charge in [0, 0.05) is 5.92 Å². The van der Waals surface area contributed by atoms with E-state index in [0.717, 1.165) is 18.4 Å². The van der Waals surface area contributed by atoms with Gasteiger partial charge in [0.25, 0.3) is 0 Å². The van der Waals surface area contributed by atoms with E-state index in [2.05, 4.69) is 0 Å². The van der Waals surface area contributed by atoms with E-state index in [1.165, 1.54) is 12.8 Å². The van der Waals surface area contributed by atoms with Gasteiger partial charge < -0.3 is 4.74 Å². The summed E-state index contributed by atoms with van der Waals surface area (Å²) in [5.41, 5.74) is 1.13. The van der Waals surface area contributed by atoms with Crippen molar-refractivity contribution in [1.29, 1.82) is 0 Å². The van der Waals surface area contributed by atoms with Crippen molar-refractivity contribution in [2.75, 3.05) is 6.61 Å². The minimum atomic E-state index is 0.00144. The zero-order valence-corrected chi connectivity index (χ0v) is 10.4. The quantitative estimate of drug-likeness (QED) is 0.776. The maximum atomic E-state index is 11.9. The van der Waals surface area contributed by atoms with Crippen LogP contribution in [0.5, 0.6) is 0 Å². The molecule has 2 nitrogen and oxygen atoms in total. The molecule has 17 heavy (non-hydrogen) atoms. The van der Waals surface area contributed by atoms with Gasteiger partial charge in [-0.05, 0) is 25.3 Å². The van der Waals surface area contributed by atoms with Gasteiger partial charge in [-0.25, -0.2) is 0 Å². The van der Waals surface area contributed by atoms with E-state index in [1.807, 2.05) is 37.3 Å². The van der Waals surface area contributed by atoms with Crippen molar-refractivity contribution in [3.8, 4) is 0 Å². The largest absolute Gasteiger partial charge is 0.366 e. The molecule has 0 aromatic heterocycles. The summed E-state index contributed by atoms with van der Waals surface area (Å²) in [5.74, 6) is 0.545. The Kier molecular flexibility index (Phi) is 4.32. The third kappa shape index (κ3) is 3.40. The number of hydrogen-bond acceptors (Lipinski definition) is 2. The van der Waals surface area contributed by atoms with Gasteiger partial charge in [0.05, 0.1) is 6.10 Å². The molecule has 2 heteroatoms. The van der Waals surface area contributed by atoms with E-state index < -0.39 is 0 Å². The molecule has 0 saturated heterocycles. The first-order chi connectivity index (χ1) is 8.27. The Morgan fingerprint density at radius 3 is 2.59 bits per heavy atom. The van der Waals surface area contributed by atoms with Crippen molar-refractivity contribution in [3.63, 3.8) is 0 Å². The Bertz CT molecular complexity index is 352. The van der Waals surface area contributed by atoms with Crippen molar-refractivity contribution in [3.05, 3.63) is 35.9 Å². The number of rotatable bonds is 5. The molecule has 1 aromatic carbocycles. The maximum Gasteiger partial charge on any atom is 0.161 e. The Morgan fingerprint density at radius 1 is 1.29 bits per heavy atom. The molecule has 0 spiro atoms. The van der Waals surface area contributed by atoms with Crippen LogP contribution in [0.15, 0.2) is 30.3 Å². The number of Topliss-reactive ketones (excluding diaryl/α,β-unsaturated/α-hetero) is 1. The topological polar surface area (TPSA) is 26.3 Å². The molecular weight excluding hydrogens is 212 g/mol. The molecular formula is C15H20O2. The first-order valence-corrected chi connectivity index (χ1v) is 6.46. The van der Waals surface area contributed by atoms with Crippen LogP contribution < -0.4 is 0 Å². The molecule has 0 bridgehead atoms. The van der Waals surface area contributed by atoms with E-state index in [0.29, 0.717) is 0 Å². The monoisotopic (exact) mass is 232 g/mol. The molecule has 2 rings (SSSR count). The van der Waals surface area contributed by atoms with Crippen LogP contribution in [0.4, 0.5) is 0 Å². The maximum absolute atomic E-state index is 11.9. The number of benzene rings is 1. The van der Waals surface area contributed by atoms with E-state index >= 15 is 0 Å². The normalized spacial score (nSPS) is 18.2. The van der Waals surface area contributed by atoms with Gasteiger partial charge in [-0.2, -0.15) is 0 Å². The lowest BCUT2D eigenvalue weighted by Gasteiger charge is -2.14. The lowest BCUT2D eigenvalue weighted by molar-refractivity contribution is -0.129. The number of ketones is 1. The molecule has 0 heterocycles. The summed E-state index contributed by atoms with van der Waals surface area (Å²) in [7, 11) is 0. The summed E-state index contributed by atoms with van der Waals surface area (Å²) in [6.45, 7) is 2.26. The van der Waals surface area contributed by atoms with Gasteiger partial charge in [0.2, 0.25) is 0 Å². The van der Waals surface area contributed by atoms with Crippen molar-refractivity contribution < 1.29 is 9.53 Å². The number of carbonyl (C=O) groups is 1. The molecule has 0 radical (unpaired) electrons. The standard InChI is InChI=1S/C15H20O2/c1-12(13-7-3-2-4-8-13)17-11-15(16)14-9-5-6-10-14/h2-4,7-8,12,14H,5-6,9-11H2,1H3. The molecule has 1 saturated carbocycles. The van der Waals surface area contributed by atoms with Crippen LogP contribution in [0, 0.1) is 5.92 Å². The summed E-state index contributed by atoms with van der Waals surface area (Å²) < 4.78 is 5.65. The number of ether oxygens (including phenoxy) is 1. The third-order valence-electron chi connectivity index (χ3n) is 3.56. The summed E-state index contributed by atoms with van der Waals surface area (Å²) in [4.78, 5) is 11.9. The highest BCUT2D eigenvalue weighted by Crippen LogP contribution is 2.26. The van der Waals surface area contributed by atoms with E-state index in [1.54, 1.807) is 0 Å². The molecule has 1 atom stereocenters. The molecule has 0 aliphatic heterocycles. The minimum absolute atomic E-state index is 0.00144. The van der Waals surface area contributed by atoms with Crippen LogP contribution in [-0.4, -0.2) is 12.4 Å². The highest BCUT2D eigenvalue weighted by atomic mass is 16.5. The van der Waals surface area contributed by atoms with E-state index in [4.69, 9.17) is 4.74 Å². The van der Waals surface area contributed by atoms with Gasteiger partial charge in [-0.1, -0.05) is 43.2 Å². The second-order valence-electron chi connectivity index (χ2n) is 4.81. The van der Waals surface area contributed by atoms with Gasteiger partial charge in [-0.3, -0.25) is 4.79 Å². The lowest BCUT2D eigenvalue weighted by Crippen LogP contribution is -2.18. The summed E-state index contributed by atoms with van der Waals surface area (Å²) >= 11 is 0. The van der Waals surface area contributed by atoms with Gasteiger partial charge in [0.15, 0.2) is 5.78 Å². The molecule has 1 aliphatic carbocycles. The highest BCUT2D eigenvalue weighted by Gasteiger charge is 2.23. The third-order valence-corrected chi connectivity index (χ3v) is 3.56. The zero-order valence-electron chi connectivity index (χ0n) is 10.4. The van der Waals surface area contributed by atoms with Crippen molar-refractivity contribution in [1.82, 2.24) is 0 Å². The molecule has 1 aliphatic rings. The van der Waals surface area contributed by atoms with Gasteiger partial charge >= 0.3 is 0 Å². The van der Waals surface area contributed by atoms with Crippen LogP contribution in [-0.2, 0) is 9.53 Å². The predicted octanol–water partition coefficient (Wildman–Crippen LogP) is 3.52. The Morgan fingerprint density at radius 2 is 1.94 bits per heavy atom. The van der Waals surface area contributed by atoms with E-state index in [-0.39, 0.29) is 24.4 Å². The van der Waals surface area contributed by atoms with Gasteiger partial charge in [0.1, 0.15) is 6.61 Å². The highest BCUT2D eigenvalue weighted by molar-refractivity contribution is 5.82. The number of hydrogen-bond donors (Lipinski definition) is 0.